The molecule has 0 aliphatic heterocycles. The van der Waals surface area contributed by atoms with E-state index in [1.54, 1.807) is 0 Å². The Morgan fingerprint density at radius 3 is 2.44 bits per heavy atom. The number of benzene rings is 1. The molecule has 1 saturated carbocycles. The van der Waals surface area contributed by atoms with E-state index in [9.17, 15) is 14.7 Å². The Balaban J connectivity index is 0.00000364. The van der Waals surface area contributed by atoms with Gasteiger partial charge >= 0.3 is 5.97 Å². The van der Waals surface area contributed by atoms with Crippen LogP contribution in [0.3, 0.4) is 0 Å². The molecule has 0 spiro atoms. The molecule has 1 aliphatic rings. The molecule has 1 aliphatic carbocycles. The molecular formula is C21H33ClN2O3. The minimum atomic E-state index is -1.01. The van der Waals surface area contributed by atoms with E-state index in [2.05, 4.69) is 31.4 Å². The molecule has 27 heavy (non-hydrogen) atoms. The number of hydrogen-bond acceptors (Lipinski definition) is 3. The van der Waals surface area contributed by atoms with Crippen LogP contribution in [0.25, 0.3) is 0 Å². The largest absolute Gasteiger partial charge is 0.480 e. The van der Waals surface area contributed by atoms with Gasteiger partial charge in [-0.1, -0.05) is 57.5 Å². The highest BCUT2D eigenvalue weighted by atomic mass is 35.5. The van der Waals surface area contributed by atoms with E-state index in [1.807, 2.05) is 30.3 Å². The minimum Gasteiger partial charge on any atom is -0.480 e. The van der Waals surface area contributed by atoms with Gasteiger partial charge in [0.15, 0.2) is 0 Å². The number of nitrogens with one attached hydrogen (secondary N) is 2. The lowest BCUT2D eigenvalue weighted by Gasteiger charge is -2.38. The first-order chi connectivity index (χ1) is 12.4. The van der Waals surface area contributed by atoms with Gasteiger partial charge in [0.1, 0.15) is 6.04 Å². The maximum Gasteiger partial charge on any atom is 0.326 e. The van der Waals surface area contributed by atoms with Crippen molar-refractivity contribution in [3.05, 3.63) is 35.9 Å². The Kier molecular flexibility index (Phi) is 9.81. The van der Waals surface area contributed by atoms with Crippen molar-refractivity contribution in [2.24, 2.45) is 17.8 Å². The van der Waals surface area contributed by atoms with Gasteiger partial charge in [0, 0.05) is 12.5 Å². The summed E-state index contributed by atoms with van der Waals surface area (Å²) in [6, 6.07) is 8.79. The zero-order valence-corrected chi connectivity index (χ0v) is 17.3. The summed E-state index contributed by atoms with van der Waals surface area (Å²) in [4.78, 5) is 23.8. The third-order valence-electron chi connectivity index (χ3n) is 5.46. The lowest BCUT2D eigenvalue weighted by Crippen LogP contribution is -2.50. The molecule has 0 saturated heterocycles. The highest BCUT2D eigenvalue weighted by Crippen LogP contribution is 2.33. The molecule has 0 bridgehead atoms. The van der Waals surface area contributed by atoms with Gasteiger partial charge in [-0.05, 0) is 36.2 Å². The first-order valence-electron chi connectivity index (χ1n) is 9.66. The van der Waals surface area contributed by atoms with E-state index in [0.29, 0.717) is 23.8 Å². The van der Waals surface area contributed by atoms with Crippen LogP contribution in [0.1, 0.15) is 45.6 Å². The Labute approximate surface area is 168 Å². The number of halogens is 1. The van der Waals surface area contributed by atoms with Gasteiger partial charge in [-0.15, -0.1) is 12.4 Å². The van der Waals surface area contributed by atoms with Gasteiger partial charge in [-0.2, -0.15) is 0 Å². The van der Waals surface area contributed by atoms with Gasteiger partial charge in [0.05, 0.1) is 6.54 Å². The number of hydrogen-bond donors (Lipinski definition) is 3. The molecule has 2 rings (SSSR count). The topological polar surface area (TPSA) is 78.4 Å². The molecule has 6 heteroatoms. The van der Waals surface area contributed by atoms with Crippen LogP contribution in [0.5, 0.6) is 0 Å². The summed E-state index contributed by atoms with van der Waals surface area (Å²) in [6.45, 7) is 6.89. The van der Waals surface area contributed by atoms with Crippen molar-refractivity contribution >= 4 is 24.3 Å². The Morgan fingerprint density at radius 2 is 1.85 bits per heavy atom. The van der Waals surface area contributed by atoms with Crippen LogP contribution in [0, 0.1) is 17.8 Å². The fourth-order valence-electron chi connectivity index (χ4n) is 3.96. The average Bonchev–Trinajstić information content (AvgIpc) is 2.60. The highest BCUT2D eigenvalue weighted by Gasteiger charge is 2.31. The van der Waals surface area contributed by atoms with E-state index < -0.39 is 12.0 Å². The van der Waals surface area contributed by atoms with Crippen molar-refractivity contribution in [1.82, 2.24) is 10.6 Å². The average molecular weight is 397 g/mol. The van der Waals surface area contributed by atoms with Gasteiger partial charge in [-0.3, -0.25) is 4.79 Å². The molecule has 0 radical (unpaired) electrons. The van der Waals surface area contributed by atoms with E-state index in [1.165, 1.54) is 12.8 Å². The quantitative estimate of drug-likeness (QED) is 0.630. The first kappa shape index (κ1) is 23.4. The fourth-order valence-corrected chi connectivity index (χ4v) is 3.96. The predicted molar refractivity (Wildman–Crippen MR) is 110 cm³/mol. The van der Waals surface area contributed by atoms with Crippen LogP contribution >= 0.6 is 12.4 Å². The number of rotatable bonds is 8. The predicted octanol–water partition coefficient (Wildman–Crippen LogP) is 3.27. The number of carbonyl (C=O) groups excluding carboxylic acids is 1. The van der Waals surface area contributed by atoms with E-state index in [0.717, 1.165) is 12.0 Å². The van der Waals surface area contributed by atoms with Crippen molar-refractivity contribution in [2.75, 3.05) is 6.54 Å². The lowest BCUT2D eigenvalue weighted by molar-refractivity contribution is -0.141. The van der Waals surface area contributed by atoms with Gasteiger partial charge in [0.25, 0.3) is 0 Å². The van der Waals surface area contributed by atoms with Crippen molar-refractivity contribution in [1.29, 1.82) is 0 Å². The molecule has 3 N–H and O–H groups in total. The summed E-state index contributed by atoms with van der Waals surface area (Å²) >= 11 is 0. The maximum absolute atomic E-state index is 12.3. The van der Waals surface area contributed by atoms with Gasteiger partial charge in [0.2, 0.25) is 5.91 Å². The lowest BCUT2D eigenvalue weighted by atomic mass is 9.74. The first-order valence-corrected chi connectivity index (χ1v) is 9.66. The third-order valence-corrected chi connectivity index (χ3v) is 5.46. The van der Waals surface area contributed by atoms with Crippen LogP contribution in [0.15, 0.2) is 30.3 Å². The zero-order valence-electron chi connectivity index (χ0n) is 16.5. The molecule has 1 aromatic rings. The Hall–Kier alpha value is -1.59. The number of carbonyl (C=O) groups is 2. The summed E-state index contributed by atoms with van der Waals surface area (Å²) in [7, 11) is 0. The summed E-state index contributed by atoms with van der Waals surface area (Å²) < 4.78 is 0. The van der Waals surface area contributed by atoms with Crippen LogP contribution in [0.4, 0.5) is 0 Å². The summed E-state index contributed by atoms with van der Waals surface area (Å²) in [6.07, 6.45) is 3.79. The number of aliphatic carboxylic acids is 1. The second-order valence-electron chi connectivity index (χ2n) is 7.96. The molecule has 4 atom stereocenters. The van der Waals surface area contributed by atoms with Gasteiger partial charge < -0.3 is 15.7 Å². The molecule has 5 nitrogen and oxygen atoms in total. The zero-order chi connectivity index (χ0) is 19.1. The summed E-state index contributed by atoms with van der Waals surface area (Å²) in [5, 5.41) is 15.5. The number of amides is 1. The smallest absolute Gasteiger partial charge is 0.326 e. The highest BCUT2D eigenvalue weighted by molar-refractivity contribution is 5.85. The molecule has 0 unspecified atom stereocenters. The van der Waals surface area contributed by atoms with E-state index >= 15 is 0 Å². The molecule has 152 valence electrons. The maximum atomic E-state index is 12.3. The minimum absolute atomic E-state index is 0. The van der Waals surface area contributed by atoms with Crippen molar-refractivity contribution in [3.8, 4) is 0 Å². The monoisotopic (exact) mass is 396 g/mol. The number of carboxylic acid groups (broad SMARTS) is 1. The molecule has 1 fully saturated rings. The molecule has 1 amide bonds. The Bertz CT molecular complexity index is 594. The Morgan fingerprint density at radius 1 is 1.19 bits per heavy atom. The van der Waals surface area contributed by atoms with Crippen LogP contribution in [0.2, 0.25) is 0 Å². The SMILES string of the molecule is CC(C)[C@@H]1CC[C@@H](C)C[C@H]1NCC(=O)N[C@@H](Cc1ccccc1)C(=O)O.Cl. The molecular weight excluding hydrogens is 364 g/mol. The van der Waals surface area contributed by atoms with Crippen molar-refractivity contribution < 1.29 is 14.7 Å². The normalized spacial score (nSPS) is 23.3. The standard InChI is InChI=1S/C21H32N2O3.ClH/c1-14(2)17-10-9-15(3)11-18(17)22-13-20(24)23-19(21(25)26)12-16-7-5-4-6-8-16;/h4-8,14-15,17-19,22H,9-13H2,1-3H3,(H,23,24)(H,25,26);1H/t15-,17+,18-,19+;/m1./s1. The second kappa shape index (κ2) is 11.3. The van der Waals surface area contributed by atoms with Crippen LogP contribution in [-0.4, -0.2) is 35.6 Å². The third kappa shape index (κ3) is 7.51. The molecule has 1 aromatic carbocycles. The summed E-state index contributed by atoms with van der Waals surface area (Å²) in [5.74, 6) is 0.546. The van der Waals surface area contributed by atoms with E-state index in [-0.39, 0.29) is 31.3 Å². The second-order valence-corrected chi connectivity index (χ2v) is 7.96. The van der Waals surface area contributed by atoms with Crippen LogP contribution < -0.4 is 10.6 Å². The van der Waals surface area contributed by atoms with E-state index in [4.69, 9.17) is 0 Å². The van der Waals surface area contributed by atoms with Crippen molar-refractivity contribution in [3.63, 3.8) is 0 Å². The van der Waals surface area contributed by atoms with Crippen molar-refractivity contribution in [2.45, 2.75) is 58.5 Å². The fraction of sp³-hybridized carbons (Fsp3) is 0.619. The molecule has 0 aromatic heterocycles. The molecule has 0 heterocycles. The van der Waals surface area contributed by atoms with Gasteiger partial charge in [-0.25, -0.2) is 4.79 Å². The summed E-state index contributed by atoms with van der Waals surface area (Å²) in [5.41, 5.74) is 0.897. The van der Waals surface area contributed by atoms with Crippen LogP contribution in [-0.2, 0) is 16.0 Å². The number of carboxylic acids is 1.